The highest BCUT2D eigenvalue weighted by Gasteiger charge is 2.29. The van der Waals surface area contributed by atoms with Crippen molar-refractivity contribution in [2.75, 3.05) is 13.1 Å². The zero-order valence-corrected chi connectivity index (χ0v) is 16.4. The molecule has 148 valence electrons. The van der Waals surface area contributed by atoms with Crippen molar-refractivity contribution in [1.82, 2.24) is 14.7 Å². The highest BCUT2D eigenvalue weighted by molar-refractivity contribution is 6.00. The lowest BCUT2D eigenvalue weighted by Gasteiger charge is -2.30. The Morgan fingerprint density at radius 1 is 1.00 bits per heavy atom. The van der Waals surface area contributed by atoms with Crippen LogP contribution in [0.5, 0.6) is 0 Å². The molecule has 0 radical (unpaired) electrons. The van der Waals surface area contributed by atoms with Crippen molar-refractivity contribution in [3.8, 4) is 16.9 Å². The van der Waals surface area contributed by atoms with Crippen LogP contribution >= 0.6 is 0 Å². The molecule has 6 nitrogen and oxygen atoms in total. The van der Waals surface area contributed by atoms with Crippen LogP contribution in [0.25, 0.3) is 16.9 Å². The second-order valence-electron chi connectivity index (χ2n) is 7.51. The third-order valence-corrected chi connectivity index (χ3v) is 5.47. The van der Waals surface area contributed by atoms with Gasteiger partial charge in [-0.25, -0.2) is 4.68 Å². The van der Waals surface area contributed by atoms with Gasteiger partial charge in [0.05, 0.1) is 11.3 Å². The Kier molecular flexibility index (Phi) is 5.16. The van der Waals surface area contributed by atoms with Gasteiger partial charge in [-0.15, -0.1) is 0 Å². The minimum absolute atomic E-state index is 0.0647. The summed E-state index contributed by atoms with van der Waals surface area (Å²) < 4.78 is 1.76. The fourth-order valence-electron chi connectivity index (χ4n) is 3.71. The smallest absolute Gasteiger partial charge is 0.257 e. The van der Waals surface area contributed by atoms with Crippen LogP contribution in [0.2, 0.25) is 0 Å². The Morgan fingerprint density at radius 2 is 1.66 bits per heavy atom. The van der Waals surface area contributed by atoms with Crippen LogP contribution in [-0.2, 0) is 4.79 Å². The third kappa shape index (κ3) is 3.92. The van der Waals surface area contributed by atoms with Crippen LogP contribution in [0.4, 0.5) is 0 Å². The second kappa shape index (κ2) is 7.91. The minimum Gasteiger partial charge on any atom is -0.369 e. The van der Waals surface area contributed by atoms with E-state index in [1.165, 1.54) is 0 Å². The van der Waals surface area contributed by atoms with E-state index in [-0.39, 0.29) is 17.7 Å². The molecule has 0 atom stereocenters. The van der Waals surface area contributed by atoms with E-state index in [0.29, 0.717) is 37.2 Å². The van der Waals surface area contributed by atoms with Crippen LogP contribution < -0.4 is 5.73 Å². The first-order chi connectivity index (χ1) is 14.0. The Labute approximate surface area is 169 Å². The van der Waals surface area contributed by atoms with Crippen molar-refractivity contribution in [2.24, 2.45) is 11.7 Å². The monoisotopic (exact) mass is 388 g/mol. The average Bonchev–Trinajstić information content (AvgIpc) is 3.20. The van der Waals surface area contributed by atoms with Crippen molar-refractivity contribution >= 4 is 11.8 Å². The predicted octanol–water partition coefficient (Wildman–Crippen LogP) is 3.19. The number of aryl methyl sites for hydroxylation is 1. The molecule has 2 N–H and O–H groups in total. The van der Waals surface area contributed by atoms with E-state index in [2.05, 4.69) is 0 Å². The van der Waals surface area contributed by atoms with E-state index in [4.69, 9.17) is 10.8 Å². The maximum absolute atomic E-state index is 13.3. The van der Waals surface area contributed by atoms with Gasteiger partial charge < -0.3 is 10.6 Å². The lowest BCUT2D eigenvalue weighted by Crippen LogP contribution is -2.41. The summed E-state index contributed by atoms with van der Waals surface area (Å²) in [6, 6.07) is 17.8. The van der Waals surface area contributed by atoms with Crippen LogP contribution in [0.1, 0.15) is 28.8 Å². The van der Waals surface area contributed by atoms with E-state index < -0.39 is 0 Å². The van der Waals surface area contributed by atoms with Crippen LogP contribution in [0.15, 0.2) is 60.8 Å². The second-order valence-corrected chi connectivity index (χ2v) is 7.51. The molecule has 6 heteroatoms. The Morgan fingerprint density at radius 3 is 2.28 bits per heavy atom. The molecule has 4 rings (SSSR count). The molecule has 1 aromatic heterocycles. The third-order valence-electron chi connectivity index (χ3n) is 5.47. The van der Waals surface area contributed by atoms with Crippen LogP contribution in [0, 0.1) is 12.8 Å². The largest absolute Gasteiger partial charge is 0.369 e. The number of carbonyl (C=O) groups excluding carboxylic acids is 2. The lowest BCUT2D eigenvalue weighted by molar-refractivity contribution is -0.123. The van der Waals surface area contributed by atoms with Crippen molar-refractivity contribution in [1.29, 1.82) is 0 Å². The highest BCUT2D eigenvalue weighted by Crippen LogP contribution is 2.27. The Bertz CT molecular complexity index is 1020. The molecule has 1 saturated heterocycles. The molecule has 2 heterocycles. The summed E-state index contributed by atoms with van der Waals surface area (Å²) >= 11 is 0. The van der Waals surface area contributed by atoms with E-state index in [9.17, 15) is 9.59 Å². The van der Waals surface area contributed by atoms with Gasteiger partial charge in [-0.3, -0.25) is 9.59 Å². The van der Waals surface area contributed by atoms with E-state index >= 15 is 0 Å². The fraction of sp³-hybridized carbons (Fsp3) is 0.261. The van der Waals surface area contributed by atoms with Gasteiger partial charge in [0.15, 0.2) is 0 Å². The molecule has 0 spiro atoms. The zero-order valence-electron chi connectivity index (χ0n) is 16.4. The van der Waals surface area contributed by atoms with Gasteiger partial charge in [-0.2, -0.15) is 5.10 Å². The number of nitrogens with zero attached hydrogens (tertiary/aromatic N) is 3. The number of likely N-dealkylation sites (tertiary alicyclic amines) is 1. The normalized spacial score (nSPS) is 14.7. The summed E-state index contributed by atoms with van der Waals surface area (Å²) in [5.41, 5.74) is 9.61. The Hall–Kier alpha value is -3.41. The van der Waals surface area contributed by atoms with Gasteiger partial charge in [-0.1, -0.05) is 48.0 Å². The summed E-state index contributed by atoms with van der Waals surface area (Å²) in [5.74, 6) is -0.498. The molecule has 2 aromatic carbocycles. The summed E-state index contributed by atoms with van der Waals surface area (Å²) in [4.78, 5) is 26.5. The lowest BCUT2D eigenvalue weighted by atomic mass is 9.95. The van der Waals surface area contributed by atoms with Crippen LogP contribution in [0.3, 0.4) is 0 Å². The number of primary amides is 1. The number of piperidine rings is 1. The van der Waals surface area contributed by atoms with Crippen LogP contribution in [-0.4, -0.2) is 39.6 Å². The SMILES string of the molecule is Cc1ccc(-n2cc(C(=O)N3CCC(C(N)=O)CC3)c(-c3ccccc3)n2)cc1. The van der Waals surface area contributed by atoms with E-state index in [1.807, 2.05) is 61.5 Å². The minimum atomic E-state index is -0.283. The number of benzene rings is 2. The molecule has 1 aliphatic rings. The van der Waals surface area contributed by atoms with Gasteiger partial charge >= 0.3 is 0 Å². The number of rotatable bonds is 4. The van der Waals surface area contributed by atoms with Gasteiger partial charge in [-0.05, 0) is 31.9 Å². The molecular formula is C23H24N4O2. The zero-order chi connectivity index (χ0) is 20.4. The molecule has 3 aromatic rings. The number of amides is 2. The van der Waals surface area contributed by atoms with Gasteiger partial charge in [0, 0.05) is 30.8 Å². The highest BCUT2D eigenvalue weighted by atomic mass is 16.2. The van der Waals surface area contributed by atoms with Crippen molar-refractivity contribution in [3.63, 3.8) is 0 Å². The van der Waals surface area contributed by atoms with E-state index in [0.717, 1.165) is 16.8 Å². The molecule has 29 heavy (non-hydrogen) atoms. The number of hydrogen-bond donors (Lipinski definition) is 1. The van der Waals surface area contributed by atoms with Crippen molar-refractivity contribution < 1.29 is 9.59 Å². The molecule has 1 aliphatic heterocycles. The molecular weight excluding hydrogens is 364 g/mol. The number of hydrogen-bond acceptors (Lipinski definition) is 3. The summed E-state index contributed by atoms with van der Waals surface area (Å²) in [5, 5.41) is 4.73. The topological polar surface area (TPSA) is 81.2 Å². The maximum atomic E-state index is 13.3. The molecule has 1 fully saturated rings. The molecule has 0 saturated carbocycles. The fourth-order valence-corrected chi connectivity index (χ4v) is 3.71. The maximum Gasteiger partial charge on any atom is 0.257 e. The van der Waals surface area contributed by atoms with E-state index in [1.54, 1.807) is 15.8 Å². The molecule has 0 bridgehead atoms. The predicted molar refractivity (Wildman–Crippen MR) is 112 cm³/mol. The first-order valence-electron chi connectivity index (χ1n) is 9.83. The summed E-state index contributed by atoms with van der Waals surface area (Å²) in [6.45, 7) is 3.08. The average molecular weight is 388 g/mol. The van der Waals surface area contributed by atoms with Gasteiger partial charge in [0.1, 0.15) is 5.69 Å². The summed E-state index contributed by atoms with van der Waals surface area (Å²) in [6.07, 6.45) is 3.01. The number of nitrogens with two attached hydrogens (primary N) is 1. The number of carbonyl (C=O) groups is 2. The Balaban J connectivity index is 1.68. The molecule has 0 aliphatic carbocycles. The van der Waals surface area contributed by atoms with Gasteiger partial charge in [0.2, 0.25) is 5.91 Å². The summed E-state index contributed by atoms with van der Waals surface area (Å²) in [7, 11) is 0. The molecule has 2 amide bonds. The number of aromatic nitrogens is 2. The first-order valence-corrected chi connectivity index (χ1v) is 9.83. The molecule has 0 unspecified atom stereocenters. The van der Waals surface area contributed by atoms with Gasteiger partial charge in [0.25, 0.3) is 5.91 Å². The van der Waals surface area contributed by atoms with Crippen molar-refractivity contribution in [3.05, 3.63) is 71.9 Å². The standard InChI is InChI=1S/C23H24N4O2/c1-16-7-9-19(10-8-16)27-15-20(21(25-27)17-5-3-2-4-6-17)23(29)26-13-11-18(12-14-26)22(24)28/h2-10,15,18H,11-14H2,1H3,(H2,24,28). The first kappa shape index (κ1) is 18.9. The van der Waals surface area contributed by atoms with Crippen molar-refractivity contribution in [2.45, 2.75) is 19.8 Å². The quantitative estimate of drug-likeness (QED) is 0.745.